The summed E-state index contributed by atoms with van der Waals surface area (Å²) >= 11 is 0. The molecule has 0 bridgehead atoms. The Kier molecular flexibility index (Phi) is 29.6. The molecule has 3 fully saturated rings. The SMILES string of the molecule is CC[C@H](C)[C@H](NC(=O)[C@H](Cc1cnc[nH]1)NC(=O)[C@H](CCCCN)NC(=O)[C@@H](N)CCCCN)C(=O)N1CCC[C@H]1C(=O)N[C@@H](CCCN=C(N)N)C(=O)N1CCC[C@H]1C(=O)N1CCC[C@H]1C(=O)N[C@@H](CCC(N)=O)C(=O)N[C@@H](CC(C)C)C(=O)O. The average Bonchev–Trinajstić information content (AvgIpc) is 3.70. The van der Waals surface area contributed by atoms with Crippen LogP contribution in [0.25, 0.3) is 0 Å². The lowest BCUT2D eigenvalue weighted by atomic mass is 9.96. The van der Waals surface area contributed by atoms with Gasteiger partial charge in [-0.1, -0.05) is 40.5 Å². The van der Waals surface area contributed by atoms with E-state index in [2.05, 4.69) is 46.9 Å². The summed E-state index contributed by atoms with van der Waals surface area (Å²) in [7, 11) is 0. The number of nitrogens with zero attached hydrogens (tertiary/aromatic N) is 5. The molecule has 482 valence electrons. The third-order valence-corrected chi connectivity index (χ3v) is 16.0. The summed E-state index contributed by atoms with van der Waals surface area (Å²) < 4.78 is 0. The number of hydrogen-bond acceptors (Lipinski definition) is 16. The summed E-state index contributed by atoms with van der Waals surface area (Å²) in [5, 5.41) is 26.1. The molecule has 86 heavy (non-hydrogen) atoms. The number of carbonyl (C=O) groups is 11. The lowest BCUT2D eigenvalue weighted by Crippen LogP contribution is -2.61. The predicted molar refractivity (Wildman–Crippen MR) is 317 cm³/mol. The van der Waals surface area contributed by atoms with E-state index in [4.69, 9.17) is 34.4 Å². The number of likely N-dealkylation sites (tertiary alicyclic amines) is 3. The van der Waals surface area contributed by atoms with Crippen LogP contribution in [0.5, 0.6) is 0 Å². The van der Waals surface area contributed by atoms with E-state index >= 15 is 0 Å². The second kappa shape index (κ2) is 35.9. The van der Waals surface area contributed by atoms with Crippen LogP contribution in [0.3, 0.4) is 0 Å². The van der Waals surface area contributed by atoms with Crippen molar-refractivity contribution in [2.24, 2.45) is 51.2 Å². The highest BCUT2D eigenvalue weighted by Crippen LogP contribution is 2.28. The van der Waals surface area contributed by atoms with E-state index in [-0.39, 0.29) is 102 Å². The maximum absolute atomic E-state index is 14.9. The number of H-pyrrole nitrogens is 1. The summed E-state index contributed by atoms with van der Waals surface area (Å²) in [6.45, 7) is 8.40. The molecule has 0 aliphatic carbocycles. The lowest BCUT2D eigenvalue weighted by molar-refractivity contribution is -0.149. The summed E-state index contributed by atoms with van der Waals surface area (Å²) in [6.07, 6.45) is 7.63. The van der Waals surface area contributed by atoms with Gasteiger partial charge in [-0.25, -0.2) is 9.78 Å². The Labute approximate surface area is 502 Å². The number of carboxylic acid groups (broad SMARTS) is 1. The van der Waals surface area contributed by atoms with Crippen LogP contribution in [0.15, 0.2) is 17.5 Å². The number of aliphatic imine (C=N–C) groups is 1. The summed E-state index contributed by atoms with van der Waals surface area (Å²) in [5.41, 5.74) is 34.6. The molecule has 11 atom stereocenters. The fourth-order valence-corrected chi connectivity index (χ4v) is 11.0. The van der Waals surface area contributed by atoms with Crippen molar-refractivity contribution in [3.63, 3.8) is 0 Å². The van der Waals surface area contributed by atoms with Crippen LogP contribution in [0, 0.1) is 11.8 Å². The van der Waals surface area contributed by atoms with Gasteiger partial charge in [0.25, 0.3) is 0 Å². The number of hydrogen-bond donors (Lipinski definition) is 14. The van der Waals surface area contributed by atoms with Gasteiger partial charge < -0.3 is 91.1 Å². The minimum absolute atomic E-state index is 0.0109. The van der Waals surface area contributed by atoms with Crippen molar-refractivity contribution in [1.29, 1.82) is 0 Å². The Morgan fingerprint density at radius 3 is 1.72 bits per heavy atom. The van der Waals surface area contributed by atoms with Gasteiger partial charge in [0.15, 0.2) is 5.96 Å². The van der Waals surface area contributed by atoms with Crippen molar-refractivity contribution in [3.8, 4) is 0 Å². The van der Waals surface area contributed by atoms with Crippen LogP contribution >= 0.6 is 0 Å². The smallest absolute Gasteiger partial charge is 0.326 e. The van der Waals surface area contributed by atoms with Gasteiger partial charge in [0.1, 0.15) is 54.4 Å². The number of unbranched alkanes of at least 4 members (excludes halogenated alkanes) is 2. The number of aliphatic carboxylic acids is 1. The molecule has 0 spiro atoms. The van der Waals surface area contributed by atoms with Gasteiger partial charge in [-0.3, -0.25) is 52.9 Å². The van der Waals surface area contributed by atoms with Crippen molar-refractivity contribution in [1.82, 2.24) is 56.6 Å². The van der Waals surface area contributed by atoms with E-state index in [0.717, 1.165) is 0 Å². The molecular formula is C56H96N18O12. The van der Waals surface area contributed by atoms with Crippen LogP contribution in [-0.2, 0) is 59.2 Å². The molecular weight excluding hydrogens is 1120 g/mol. The number of carboxylic acids is 1. The van der Waals surface area contributed by atoms with Crippen molar-refractivity contribution in [2.75, 3.05) is 39.3 Å². The molecule has 3 saturated heterocycles. The number of nitrogens with two attached hydrogens (primary N) is 6. The first-order valence-electron chi connectivity index (χ1n) is 30.4. The fourth-order valence-electron chi connectivity index (χ4n) is 11.0. The van der Waals surface area contributed by atoms with Crippen LogP contribution in [0.2, 0.25) is 0 Å². The van der Waals surface area contributed by atoms with Gasteiger partial charge in [0.05, 0.1) is 12.4 Å². The number of aromatic amines is 1. The number of guanidine groups is 1. The lowest BCUT2D eigenvalue weighted by Gasteiger charge is -2.34. The Bertz CT molecular complexity index is 2480. The fraction of sp³-hybridized carbons (Fsp3) is 0.732. The molecule has 3 aliphatic heterocycles. The highest BCUT2D eigenvalue weighted by molar-refractivity contribution is 5.99. The Balaban J connectivity index is 1.55. The molecule has 20 N–H and O–H groups in total. The third kappa shape index (κ3) is 21.8. The second-order valence-corrected chi connectivity index (χ2v) is 23.1. The van der Waals surface area contributed by atoms with Gasteiger partial charge in [-0.2, -0.15) is 0 Å². The van der Waals surface area contributed by atoms with Gasteiger partial charge in [-0.05, 0) is 121 Å². The van der Waals surface area contributed by atoms with Gasteiger partial charge in [0.2, 0.25) is 59.1 Å². The molecule has 1 aromatic heterocycles. The number of nitrogens with one attached hydrogen (secondary N) is 7. The molecule has 0 unspecified atom stereocenters. The normalized spacial score (nSPS) is 19.4. The molecule has 10 amide bonds. The maximum atomic E-state index is 14.9. The highest BCUT2D eigenvalue weighted by Gasteiger charge is 2.46. The number of aromatic nitrogens is 2. The molecule has 4 rings (SSSR count). The first-order valence-corrected chi connectivity index (χ1v) is 30.4. The van der Waals surface area contributed by atoms with E-state index in [1.165, 1.54) is 27.2 Å². The largest absolute Gasteiger partial charge is 0.480 e. The first-order chi connectivity index (χ1) is 40.9. The van der Waals surface area contributed by atoms with E-state index in [1.807, 2.05) is 6.92 Å². The molecule has 0 radical (unpaired) electrons. The molecule has 0 aromatic carbocycles. The first kappa shape index (κ1) is 71.0. The number of imidazole rings is 1. The predicted octanol–water partition coefficient (Wildman–Crippen LogP) is -3.08. The van der Waals surface area contributed by atoms with Crippen molar-refractivity contribution in [3.05, 3.63) is 18.2 Å². The van der Waals surface area contributed by atoms with Crippen molar-refractivity contribution < 1.29 is 57.8 Å². The Hall–Kier alpha value is -7.47. The molecule has 0 saturated carbocycles. The Morgan fingerprint density at radius 1 is 0.640 bits per heavy atom. The standard InChI is InChI=1S/C56H96N18O12/c1-5-33(4)45(71-49(79)39(29-34-30-63-31-65-34)69-47(77)36(15-7-9-23-58)66-46(76)35(59)14-6-8-22-57)54(84)73-26-12-18-42(73)51(81)68-38(16-10-24-64-56(61)62)52(82)74-27-13-19-43(74)53(83)72-25-11-17-41(72)50(80)67-37(20-21-44(60)75)48(78)70-40(55(85)86)28-32(2)3/h30-33,35-43,45H,5-29,57-59H2,1-4H3,(H2,60,75)(H,63,65)(H,66,76)(H,67,80)(H,68,81)(H,69,77)(H,70,78)(H,71,79)(H,85,86)(H4,61,62,64)/t33-,35-,36-,37-,38-,39-,40-,41-,42-,43-,45-/m0/s1. The monoisotopic (exact) mass is 1210 g/mol. The molecule has 4 heterocycles. The van der Waals surface area contributed by atoms with E-state index in [0.29, 0.717) is 76.6 Å². The quantitative estimate of drug-likeness (QED) is 0.0178. The van der Waals surface area contributed by atoms with Crippen LogP contribution in [0.4, 0.5) is 0 Å². The topological polar surface area (TPSA) is 487 Å². The summed E-state index contributed by atoms with van der Waals surface area (Å²) in [4.78, 5) is 167. The highest BCUT2D eigenvalue weighted by atomic mass is 16.4. The van der Waals surface area contributed by atoms with Crippen LogP contribution < -0.4 is 66.3 Å². The third-order valence-electron chi connectivity index (χ3n) is 16.0. The van der Waals surface area contributed by atoms with E-state index < -0.39 is 131 Å². The van der Waals surface area contributed by atoms with E-state index in [1.54, 1.807) is 20.8 Å². The summed E-state index contributed by atoms with van der Waals surface area (Å²) in [6, 6.07) is -11.6. The number of amides is 10. The van der Waals surface area contributed by atoms with Crippen LogP contribution in [0.1, 0.15) is 149 Å². The van der Waals surface area contributed by atoms with E-state index in [9.17, 15) is 57.8 Å². The number of carbonyl (C=O) groups excluding carboxylic acids is 10. The number of primary amides is 1. The number of rotatable bonds is 37. The van der Waals surface area contributed by atoms with Gasteiger partial charge in [0, 0.05) is 50.9 Å². The molecule has 3 aliphatic rings. The second-order valence-electron chi connectivity index (χ2n) is 23.1. The Morgan fingerprint density at radius 2 is 1.16 bits per heavy atom. The molecule has 30 nitrogen and oxygen atoms in total. The van der Waals surface area contributed by atoms with Crippen LogP contribution in [-0.4, -0.2) is 200 Å². The minimum atomic E-state index is -1.37. The zero-order chi connectivity index (χ0) is 63.6. The zero-order valence-electron chi connectivity index (χ0n) is 50.4. The summed E-state index contributed by atoms with van der Waals surface area (Å²) in [5.74, 6) is -8.71. The average molecular weight is 1210 g/mol. The molecule has 1 aromatic rings. The van der Waals surface area contributed by atoms with Gasteiger partial charge >= 0.3 is 5.97 Å². The van der Waals surface area contributed by atoms with Crippen molar-refractivity contribution >= 4 is 71.0 Å². The maximum Gasteiger partial charge on any atom is 0.326 e. The van der Waals surface area contributed by atoms with Gasteiger partial charge in [-0.15, -0.1) is 0 Å². The minimum Gasteiger partial charge on any atom is -0.480 e. The van der Waals surface area contributed by atoms with Crippen molar-refractivity contribution in [2.45, 2.75) is 210 Å². The molecule has 30 heteroatoms. The zero-order valence-corrected chi connectivity index (χ0v) is 50.4.